The van der Waals surface area contributed by atoms with Crippen LogP contribution in [0.5, 0.6) is 0 Å². The van der Waals surface area contributed by atoms with E-state index in [-0.39, 0.29) is 0 Å². The summed E-state index contributed by atoms with van der Waals surface area (Å²) < 4.78 is 1.74. The number of nitrogens with zero attached hydrogens (tertiary/aromatic N) is 4. The molecule has 0 spiro atoms. The molecule has 82 valence electrons. The maximum absolute atomic E-state index is 4.09. The Labute approximate surface area is 90.1 Å². The lowest BCUT2D eigenvalue weighted by Crippen LogP contribution is -2.29. The Kier molecular flexibility index (Phi) is 4.05. The summed E-state index contributed by atoms with van der Waals surface area (Å²) in [7, 11) is 3.74. The standard InChI is InChI=1S/C10H17N5/c1-5-15(12-3)8-10(11-2)9-6-13-14(4)7-9/h6-8,12H,2,5H2,1,3-4H3/b10-8-. The molecule has 1 N–H and O–H groups in total. The lowest BCUT2D eigenvalue weighted by molar-refractivity contribution is 0.316. The van der Waals surface area contributed by atoms with E-state index in [0.29, 0.717) is 0 Å². The molecule has 15 heavy (non-hydrogen) atoms. The smallest absolute Gasteiger partial charge is 0.0899 e. The van der Waals surface area contributed by atoms with E-state index in [1.54, 1.807) is 10.9 Å². The minimum absolute atomic E-state index is 0.805. The number of rotatable bonds is 5. The first-order valence-corrected chi connectivity index (χ1v) is 4.82. The second kappa shape index (κ2) is 5.31. The topological polar surface area (TPSA) is 45.4 Å². The van der Waals surface area contributed by atoms with Gasteiger partial charge in [-0.2, -0.15) is 5.10 Å². The van der Waals surface area contributed by atoms with Gasteiger partial charge in [0, 0.05) is 38.6 Å². The summed E-state index contributed by atoms with van der Waals surface area (Å²) in [6.07, 6.45) is 5.58. The highest BCUT2D eigenvalue weighted by Gasteiger charge is 2.03. The molecule has 5 nitrogen and oxygen atoms in total. The van der Waals surface area contributed by atoms with Crippen LogP contribution in [0.25, 0.3) is 5.70 Å². The van der Waals surface area contributed by atoms with Crippen molar-refractivity contribution in [3.8, 4) is 0 Å². The molecule has 0 aliphatic heterocycles. The molecule has 0 aliphatic rings. The molecule has 1 heterocycles. The highest BCUT2D eigenvalue weighted by molar-refractivity contribution is 5.66. The minimum atomic E-state index is 0.805. The molecule has 0 radical (unpaired) electrons. The molecule has 5 heteroatoms. The summed E-state index contributed by atoms with van der Waals surface area (Å²) >= 11 is 0. The number of nitrogens with one attached hydrogen (secondary N) is 1. The number of aromatic nitrogens is 2. The van der Waals surface area contributed by atoms with Gasteiger partial charge in [-0.1, -0.05) is 0 Å². The molecule has 0 saturated carbocycles. The van der Waals surface area contributed by atoms with Gasteiger partial charge in [0.05, 0.1) is 11.9 Å². The fourth-order valence-electron chi connectivity index (χ4n) is 1.22. The van der Waals surface area contributed by atoms with Gasteiger partial charge in [-0.25, -0.2) is 5.43 Å². The van der Waals surface area contributed by atoms with Gasteiger partial charge in [0.25, 0.3) is 0 Å². The van der Waals surface area contributed by atoms with Crippen LogP contribution >= 0.6 is 0 Å². The van der Waals surface area contributed by atoms with Gasteiger partial charge in [0.1, 0.15) is 0 Å². The van der Waals surface area contributed by atoms with Crippen molar-refractivity contribution in [2.45, 2.75) is 6.92 Å². The Bertz CT molecular complexity index is 348. The van der Waals surface area contributed by atoms with Crippen molar-refractivity contribution in [1.29, 1.82) is 0 Å². The van der Waals surface area contributed by atoms with E-state index in [1.165, 1.54) is 0 Å². The van der Waals surface area contributed by atoms with Crippen LogP contribution in [0.4, 0.5) is 0 Å². The Morgan fingerprint density at radius 2 is 2.53 bits per heavy atom. The zero-order valence-electron chi connectivity index (χ0n) is 9.44. The summed E-state index contributed by atoms with van der Waals surface area (Å²) in [5.41, 5.74) is 4.80. The molecule has 0 saturated heterocycles. The average molecular weight is 207 g/mol. The third-order valence-electron chi connectivity index (χ3n) is 2.08. The van der Waals surface area contributed by atoms with Crippen LogP contribution < -0.4 is 5.43 Å². The summed E-state index contributed by atoms with van der Waals surface area (Å²) in [6.45, 7) is 6.47. The highest BCUT2D eigenvalue weighted by Crippen LogP contribution is 2.14. The molecule has 1 aromatic heterocycles. The van der Waals surface area contributed by atoms with E-state index in [2.05, 4.69) is 29.2 Å². The SMILES string of the molecule is C=N/C(=C\N(CC)NC)c1cnn(C)c1. The average Bonchev–Trinajstić information content (AvgIpc) is 2.67. The molecule has 0 fully saturated rings. The predicted molar refractivity (Wildman–Crippen MR) is 62.2 cm³/mol. The second-order valence-electron chi connectivity index (χ2n) is 3.08. The first-order chi connectivity index (χ1) is 7.21. The Balaban J connectivity index is 2.92. The van der Waals surface area contributed by atoms with E-state index >= 15 is 0 Å². The van der Waals surface area contributed by atoms with E-state index in [9.17, 15) is 0 Å². The molecule has 0 aromatic carbocycles. The number of aliphatic imine (C=N–C) groups is 1. The molecule has 0 atom stereocenters. The first-order valence-electron chi connectivity index (χ1n) is 4.82. The third kappa shape index (κ3) is 2.92. The van der Waals surface area contributed by atoms with Crippen molar-refractivity contribution >= 4 is 12.4 Å². The maximum Gasteiger partial charge on any atom is 0.0899 e. The number of aryl methyl sites for hydroxylation is 1. The van der Waals surface area contributed by atoms with Gasteiger partial charge < -0.3 is 5.01 Å². The van der Waals surface area contributed by atoms with Crippen LogP contribution in [0.2, 0.25) is 0 Å². The fraction of sp³-hybridized carbons (Fsp3) is 0.400. The molecule has 1 aromatic rings. The van der Waals surface area contributed by atoms with E-state index in [4.69, 9.17) is 0 Å². The van der Waals surface area contributed by atoms with Gasteiger partial charge in [-0.3, -0.25) is 9.67 Å². The van der Waals surface area contributed by atoms with E-state index in [0.717, 1.165) is 17.8 Å². The Morgan fingerprint density at radius 1 is 1.80 bits per heavy atom. The monoisotopic (exact) mass is 207 g/mol. The lowest BCUT2D eigenvalue weighted by atomic mass is 10.3. The van der Waals surface area contributed by atoms with E-state index < -0.39 is 0 Å². The van der Waals surface area contributed by atoms with Crippen molar-refractivity contribution in [1.82, 2.24) is 20.2 Å². The molecular weight excluding hydrogens is 190 g/mol. The maximum atomic E-state index is 4.09. The molecule has 0 amide bonds. The summed E-state index contributed by atoms with van der Waals surface area (Å²) in [6, 6.07) is 0. The van der Waals surface area contributed by atoms with Crippen LogP contribution in [-0.4, -0.2) is 35.1 Å². The van der Waals surface area contributed by atoms with Gasteiger partial charge in [-0.15, -0.1) is 0 Å². The van der Waals surface area contributed by atoms with E-state index in [1.807, 2.05) is 31.5 Å². The largest absolute Gasteiger partial charge is 0.314 e. The van der Waals surface area contributed by atoms with Crippen LogP contribution in [-0.2, 0) is 7.05 Å². The first kappa shape index (κ1) is 11.5. The van der Waals surface area contributed by atoms with Gasteiger partial charge >= 0.3 is 0 Å². The predicted octanol–water partition coefficient (Wildman–Crippen LogP) is 0.875. The number of hydrogen-bond donors (Lipinski definition) is 1. The van der Waals surface area contributed by atoms with Crippen molar-refractivity contribution in [3.63, 3.8) is 0 Å². The van der Waals surface area contributed by atoms with Crippen molar-refractivity contribution in [2.75, 3.05) is 13.6 Å². The molecule has 0 bridgehead atoms. The molecule has 0 unspecified atom stereocenters. The van der Waals surface area contributed by atoms with Crippen molar-refractivity contribution in [2.24, 2.45) is 12.0 Å². The number of hydrazine groups is 1. The van der Waals surface area contributed by atoms with Gasteiger partial charge in [-0.05, 0) is 13.6 Å². The second-order valence-corrected chi connectivity index (χ2v) is 3.08. The van der Waals surface area contributed by atoms with Gasteiger partial charge in [0.2, 0.25) is 0 Å². The van der Waals surface area contributed by atoms with Crippen LogP contribution in [0.15, 0.2) is 23.6 Å². The van der Waals surface area contributed by atoms with Crippen molar-refractivity contribution < 1.29 is 0 Å². The summed E-state index contributed by atoms with van der Waals surface area (Å²) in [5, 5.41) is 6.02. The molecule has 1 rings (SSSR count). The number of hydrogen-bond acceptors (Lipinski definition) is 4. The Hall–Kier alpha value is -1.62. The van der Waals surface area contributed by atoms with Gasteiger partial charge in [0.15, 0.2) is 0 Å². The summed E-state index contributed by atoms with van der Waals surface area (Å²) in [5.74, 6) is 0. The quantitative estimate of drug-likeness (QED) is 0.576. The third-order valence-corrected chi connectivity index (χ3v) is 2.08. The van der Waals surface area contributed by atoms with Crippen LogP contribution in [0.1, 0.15) is 12.5 Å². The fourth-order valence-corrected chi connectivity index (χ4v) is 1.22. The zero-order chi connectivity index (χ0) is 11.3. The Morgan fingerprint density at radius 3 is 2.93 bits per heavy atom. The lowest BCUT2D eigenvalue weighted by Gasteiger charge is -2.16. The molecule has 0 aliphatic carbocycles. The zero-order valence-corrected chi connectivity index (χ0v) is 9.44. The highest BCUT2D eigenvalue weighted by atomic mass is 15.5. The minimum Gasteiger partial charge on any atom is -0.314 e. The van der Waals surface area contributed by atoms with Crippen molar-refractivity contribution in [3.05, 3.63) is 24.2 Å². The molecular formula is C10H17N5. The van der Waals surface area contributed by atoms with Crippen LogP contribution in [0, 0.1) is 0 Å². The normalized spacial score (nSPS) is 11.5. The summed E-state index contributed by atoms with van der Waals surface area (Å²) in [4.78, 5) is 3.98. The van der Waals surface area contributed by atoms with Crippen LogP contribution in [0.3, 0.4) is 0 Å².